The Balaban J connectivity index is 1.86. The highest BCUT2D eigenvalue weighted by atomic mass is 79.9. The molecule has 2 nitrogen and oxygen atoms in total. The molecule has 2 aliphatic rings. The third-order valence-corrected chi connectivity index (χ3v) is 5.02. The SMILES string of the molecule is BrC1CCCCCC1c1ccc2c(c1)OCCO2. The topological polar surface area (TPSA) is 18.5 Å². The molecule has 2 unspecified atom stereocenters. The van der Waals surface area contributed by atoms with Gasteiger partial charge >= 0.3 is 0 Å². The zero-order valence-electron chi connectivity index (χ0n) is 10.5. The summed E-state index contributed by atoms with van der Waals surface area (Å²) in [7, 11) is 0. The minimum atomic E-state index is 0.600. The fourth-order valence-corrected chi connectivity index (χ4v) is 3.82. The van der Waals surface area contributed by atoms with Crippen molar-refractivity contribution in [1.82, 2.24) is 0 Å². The maximum Gasteiger partial charge on any atom is 0.161 e. The second-order valence-corrected chi connectivity index (χ2v) is 6.34. The molecule has 1 aromatic rings. The first-order chi connectivity index (χ1) is 8.84. The molecule has 18 heavy (non-hydrogen) atoms. The number of hydrogen-bond acceptors (Lipinski definition) is 2. The van der Waals surface area contributed by atoms with Crippen molar-refractivity contribution >= 4 is 15.9 Å². The predicted molar refractivity (Wildman–Crippen MR) is 76.0 cm³/mol. The number of ether oxygens (including phenoxy) is 2. The van der Waals surface area contributed by atoms with Crippen molar-refractivity contribution in [3.05, 3.63) is 23.8 Å². The van der Waals surface area contributed by atoms with Crippen LogP contribution in [0.3, 0.4) is 0 Å². The monoisotopic (exact) mass is 310 g/mol. The summed E-state index contributed by atoms with van der Waals surface area (Å²) in [6.07, 6.45) is 6.59. The molecule has 0 saturated heterocycles. The summed E-state index contributed by atoms with van der Waals surface area (Å²) in [5.41, 5.74) is 1.39. The van der Waals surface area contributed by atoms with Crippen LogP contribution in [-0.4, -0.2) is 18.0 Å². The first-order valence-electron chi connectivity index (χ1n) is 6.88. The van der Waals surface area contributed by atoms with Crippen molar-refractivity contribution in [2.75, 3.05) is 13.2 Å². The van der Waals surface area contributed by atoms with Crippen molar-refractivity contribution in [3.63, 3.8) is 0 Å². The molecule has 1 aliphatic carbocycles. The normalized spacial score (nSPS) is 27.6. The molecule has 0 radical (unpaired) electrons. The first-order valence-corrected chi connectivity index (χ1v) is 7.80. The molecule has 0 spiro atoms. The third-order valence-electron chi connectivity index (χ3n) is 3.93. The van der Waals surface area contributed by atoms with E-state index < -0.39 is 0 Å². The lowest BCUT2D eigenvalue weighted by atomic mass is 9.91. The van der Waals surface area contributed by atoms with Crippen LogP contribution in [0.2, 0.25) is 0 Å². The van der Waals surface area contributed by atoms with E-state index in [1.54, 1.807) is 0 Å². The minimum Gasteiger partial charge on any atom is -0.486 e. The van der Waals surface area contributed by atoms with Gasteiger partial charge in [0.25, 0.3) is 0 Å². The maximum atomic E-state index is 5.68. The maximum absolute atomic E-state index is 5.68. The van der Waals surface area contributed by atoms with Crippen molar-refractivity contribution in [1.29, 1.82) is 0 Å². The van der Waals surface area contributed by atoms with Crippen LogP contribution in [0, 0.1) is 0 Å². The molecule has 1 aromatic carbocycles. The van der Waals surface area contributed by atoms with Gasteiger partial charge in [0.05, 0.1) is 0 Å². The Morgan fingerprint density at radius 1 is 0.944 bits per heavy atom. The van der Waals surface area contributed by atoms with Gasteiger partial charge in [0, 0.05) is 4.83 Å². The molecule has 0 N–H and O–H groups in total. The molecule has 1 heterocycles. The number of alkyl halides is 1. The van der Waals surface area contributed by atoms with E-state index in [1.807, 2.05) is 0 Å². The van der Waals surface area contributed by atoms with E-state index >= 15 is 0 Å². The van der Waals surface area contributed by atoms with Crippen LogP contribution in [0.1, 0.15) is 43.6 Å². The lowest BCUT2D eigenvalue weighted by Gasteiger charge is -2.24. The van der Waals surface area contributed by atoms with E-state index in [1.165, 1.54) is 37.7 Å². The van der Waals surface area contributed by atoms with E-state index in [2.05, 4.69) is 34.1 Å². The van der Waals surface area contributed by atoms with Gasteiger partial charge in [-0.15, -0.1) is 0 Å². The standard InChI is InChI=1S/C15H19BrO2/c16-13-5-3-1-2-4-12(13)11-6-7-14-15(10-11)18-9-8-17-14/h6-7,10,12-13H,1-5,8-9H2. The number of halogens is 1. The van der Waals surface area contributed by atoms with Crippen molar-refractivity contribution < 1.29 is 9.47 Å². The molecule has 3 rings (SSSR count). The number of hydrogen-bond donors (Lipinski definition) is 0. The van der Waals surface area contributed by atoms with E-state index in [4.69, 9.17) is 9.47 Å². The second-order valence-electron chi connectivity index (χ2n) is 5.16. The minimum absolute atomic E-state index is 0.600. The summed E-state index contributed by atoms with van der Waals surface area (Å²) in [5, 5.41) is 0. The smallest absolute Gasteiger partial charge is 0.161 e. The molecular formula is C15H19BrO2. The highest BCUT2D eigenvalue weighted by molar-refractivity contribution is 9.09. The van der Waals surface area contributed by atoms with Crippen LogP contribution in [0.4, 0.5) is 0 Å². The summed E-state index contributed by atoms with van der Waals surface area (Å²) in [6.45, 7) is 1.33. The largest absolute Gasteiger partial charge is 0.486 e. The average molecular weight is 311 g/mol. The zero-order chi connectivity index (χ0) is 12.4. The van der Waals surface area contributed by atoms with Crippen molar-refractivity contribution in [3.8, 4) is 11.5 Å². The number of fused-ring (bicyclic) bond motifs is 1. The third kappa shape index (κ3) is 2.51. The van der Waals surface area contributed by atoms with Gasteiger partial charge in [0.15, 0.2) is 11.5 Å². The van der Waals surface area contributed by atoms with Crippen molar-refractivity contribution in [2.45, 2.75) is 42.8 Å². The first kappa shape index (κ1) is 12.3. The molecule has 1 aliphatic heterocycles. The van der Waals surface area contributed by atoms with E-state index in [-0.39, 0.29) is 0 Å². The Kier molecular flexibility index (Phi) is 3.78. The number of benzene rings is 1. The summed E-state index contributed by atoms with van der Waals surface area (Å²) >= 11 is 3.87. The molecule has 1 fully saturated rings. The molecule has 98 valence electrons. The van der Waals surface area contributed by atoms with E-state index in [9.17, 15) is 0 Å². The summed E-state index contributed by atoms with van der Waals surface area (Å²) in [5.74, 6) is 2.43. The highest BCUT2D eigenvalue weighted by Crippen LogP contribution is 2.40. The molecular weight excluding hydrogens is 292 g/mol. The summed E-state index contributed by atoms with van der Waals surface area (Å²) in [6, 6.07) is 6.45. The van der Waals surface area contributed by atoms with Gasteiger partial charge in [-0.3, -0.25) is 0 Å². The van der Waals surface area contributed by atoms with Crippen molar-refractivity contribution in [2.24, 2.45) is 0 Å². The van der Waals surface area contributed by atoms with Crippen LogP contribution in [0.25, 0.3) is 0 Å². The summed E-state index contributed by atoms with van der Waals surface area (Å²) < 4.78 is 11.3. The Hall–Kier alpha value is -0.700. The van der Waals surface area contributed by atoms with Gasteiger partial charge in [-0.1, -0.05) is 41.3 Å². The molecule has 1 saturated carbocycles. The highest BCUT2D eigenvalue weighted by Gasteiger charge is 2.24. The van der Waals surface area contributed by atoms with Gasteiger partial charge < -0.3 is 9.47 Å². The molecule has 0 amide bonds. The van der Waals surface area contributed by atoms with Gasteiger partial charge in [0.2, 0.25) is 0 Å². The Labute approximate surface area is 117 Å². The van der Waals surface area contributed by atoms with Crippen LogP contribution < -0.4 is 9.47 Å². The Morgan fingerprint density at radius 3 is 2.61 bits per heavy atom. The fourth-order valence-electron chi connectivity index (χ4n) is 2.93. The van der Waals surface area contributed by atoms with Gasteiger partial charge in [-0.2, -0.15) is 0 Å². The average Bonchev–Trinajstić information content (AvgIpc) is 2.63. The lowest BCUT2D eigenvalue weighted by molar-refractivity contribution is 0.171. The van der Waals surface area contributed by atoms with E-state index in [0.29, 0.717) is 24.0 Å². The van der Waals surface area contributed by atoms with E-state index in [0.717, 1.165) is 11.5 Å². The molecule has 0 bridgehead atoms. The molecule has 2 atom stereocenters. The lowest BCUT2D eigenvalue weighted by Crippen LogP contribution is -2.16. The van der Waals surface area contributed by atoms with Gasteiger partial charge in [-0.05, 0) is 36.5 Å². The predicted octanol–water partition coefficient (Wildman–Crippen LogP) is 4.27. The quantitative estimate of drug-likeness (QED) is 0.569. The van der Waals surface area contributed by atoms with Gasteiger partial charge in [-0.25, -0.2) is 0 Å². The second kappa shape index (κ2) is 5.52. The Morgan fingerprint density at radius 2 is 1.72 bits per heavy atom. The van der Waals surface area contributed by atoms with Crippen LogP contribution in [0.15, 0.2) is 18.2 Å². The van der Waals surface area contributed by atoms with Crippen LogP contribution >= 0.6 is 15.9 Å². The molecule has 3 heteroatoms. The Bertz CT molecular complexity index is 419. The van der Waals surface area contributed by atoms with Crippen LogP contribution in [0.5, 0.6) is 11.5 Å². The van der Waals surface area contributed by atoms with Crippen LogP contribution in [-0.2, 0) is 0 Å². The van der Waals surface area contributed by atoms with Gasteiger partial charge in [0.1, 0.15) is 13.2 Å². The number of rotatable bonds is 1. The zero-order valence-corrected chi connectivity index (χ0v) is 12.1. The fraction of sp³-hybridized carbons (Fsp3) is 0.600. The molecule has 0 aromatic heterocycles. The summed E-state index contributed by atoms with van der Waals surface area (Å²) in [4.78, 5) is 0.600.